The number of unbranched alkanes of at least 4 members (excludes halogenated alkanes) is 5. The topological polar surface area (TPSA) is 87.7 Å². The molecule has 0 radical (unpaired) electrons. The van der Waals surface area contributed by atoms with Crippen LogP contribution in [0.25, 0.3) is 0 Å². The maximum absolute atomic E-state index is 14.1. The highest BCUT2D eigenvalue weighted by atomic mass is 16.6. The molecule has 3 amide bonds. The number of ether oxygens (including phenoxy) is 1. The van der Waals surface area contributed by atoms with Gasteiger partial charge in [0, 0.05) is 12.2 Å². The summed E-state index contributed by atoms with van der Waals surface area (Å²) in [6, 6.07) is 11.8. The number of nitrogens with zero attached hydrogens (tertiary/aromatic N) is 1. The minimum absolute atomic E-state index is 0.285. The third-order valence-corrected chi connectivity index (χ3v) is 6.83. The van der Waals surface area contributed by atoms with Crippen molar-refractivity contribution in [1.29, 1.82) is 0 Å². The molecular formula is C33H49N3O4. The Bertz CT molecular complexity index is 1140. The van der Waals surface area contributed by atoms with Crippen molar-refractivity contribution in [3.05, 3.63) is 64.7 Å². The van der Waals surface area contributed by atoms with Crippen LogP contribution < -0.4 is 10.6 Å². The van der Waals surface area contributed by atoms with Gasteiger partial charge in [-0.25, -0.2) is 4.79 Å². The van der Waals surface area contributed by atoms with Gasteiger partial charge in [-0.15, -0.1) is 0 Å². The number of rotatable bonds is 13. The van der Waals surface area contributed by atoms with Gasteiger partial charge in [-0.05, 0) is 77.6 Å². The van der Waals surface area contributed by atoms with Crippen LogP contribution in [0.5, 0.6) is 0 Å². The van der Waals surface area contributed by atoms with E-state index in [4.69, 9.17) is 4.74 Å². The Morgan fingerprint density at radius 3 is 2.20 bits per heavy atom. The van der Waals surface area contributed by atoms with E-state index in [1.54, 1.807) is 32.6 Å². The van der Waals surface area contributed by atoms with E-state index >= 15 is 0 Å². The van der Waals surface area contributed by atoms with Crippen molar-refractivity contribution in [3.63, 3.8) is 0 Å². The zero-order chi connectivity index (χ0) is 29.9. The van der Waals surface area contributed by atoms with E-state index in [9.17, 15) is 14.4 Å². The molecule has 2 unspecified atom stereocenters. The second-order valence-electron chi connectivity index (χ2n) is 11.7. The summed E-state index contributed by atoms with van der Waals surface area (Å²) < 4.78 is 5.39. The van der Waals surface area contributed by atoms with E-state index in [0.717, 1.165) is 54.4 Å². The second kappa shape index (κ2) is 15.4. The smallest absolute Gasteiger partial charge is 0.408 e. The van der Waals surface area contributed by atoms with E-state index in [0.29, 0.717) is 12.2 Å². The van der Waals surface area contributed by atoms with Crippen molar-refractivity contribution in [1.82, 2.24) is 10.2 Å². The van der Waals surface area contributed by atoms with Crippen LogP contribution in [0.2, 0.25) is 0 Å². The molecule has 0 saturated heterocycles. The van der Waals surface area contributed by atoms with Crippen molar-refractivity contribution in [2.75, 3.05) is 11.9 Å². The summed E-state index contributed by atoms with van der Waals surface area (Å²) in [4.78, 5) is 42.2. The van der Waals surface area contributed by atoms with Crippen LogP contribution in [0.3, 0.4) is 0 Å². The third-order valence-electron chi connectivity index (χ3n) is 6.83. The Morgan fingerprint density at radius 1 is 0.900 bits per heavy atom. The van der Waals surface area contributed by atoms with Gasteiger partial charge in [-0.1, -0.05) is 81.0 Å². The maximum atomic E-state index is 14.1. The van der Waals surface area contributed by atoms with Crippen molar-refractivity contribution in [3.8, 4) is 0 Å². The van der Waals surface area contributed by atoms with Crippen LogP contribution in [0.4, 0.5) is 10.5 Å². The Balaban J connectivity index is 2.46. The molecule has 0 aliphatic carbocycles. The van der Waals surface area contributed by atoms with Crippen molar-refractivity contribution in [2.24, 2.45) is 0 Å². The van der Waals surface area contributed by atoms with Crippen molar-refractivity contribution in [2.45, 2.75) is 112 Å². The SMILES string of the molecule is CCCCCCCCN(C(=O)C(C)NC(=O)OC(C)(C)C)C(C(=O)Nc1ccccc1C)c1cc(C)ccc1C. The van der Waals surface area contributed by atoms with E-state index in [1.807, 2.05) is 63.2 Å². The molecule has 7 nitrogen and oxygen atoms in total. The summed E-state index contributed by atoms with van der Waals surface area (Å²) in [7, 11) is 0. The highest BCUT2D eigenvalue weighted by Crippen LogP contribution is 2.29. The number of benzene rings is 2. The lowest BCUT2D eigenvalue weighted by Crippen LogP contribution is -2.51. The molecule has 2 N–H and O–H groups in total. The molecule has 2 rings (SSSR count). The molecule has 40 heavy (non-hydrogen) atoms. The number of hydrogen-bond acceptors (Lipinski definition) is 4. The molecule has 2 aromatic rings. The number of alkyl carbamates (subject to hydrolysis) is 1. The summed E-state index contributed by atoms with van der Waals surface area (Å²) in [5.41, 5.74) is 3.64. The molecule has 0 aromatic heterocycles. The van der Waals surface area contributed by atoms with E-state index in [1.165, 1.54) is 6.42 Å². The summed E-state index contributed by atoms with van der Waals surface area (Å²) in [6.07, 6.45) is 5.61. The lowest BCUT2D eigenvalue weighted by Gasteiger charge is -2.34. The number of nitrogens with one attached hydrogen (secondary N) is 2. The quantitative estimate of drug-likeness (QED) is 0.254. The average molecular weight is 552 g/mol. The van der Waals surface area contributed by atoms with Gasteiger partial charge in [0.25, 0.3) is 5.91 Å². The fourth-order valence-corrected chi connectivity index (χ4v) is 4.64. The summed E-state index contributed by atoms with van der Waals surface area (Å²) >= 11 is 0. The lowest BCUT2D eigenvalue weighted by atomic mass is 9.95. The second-order valence-corrected chi connectivity index (χ2v) is 11.7. The maximum Gasteiger partial charge on any atom is 0.408 e. The Kier molecular flexibility index (Phi) is 12.7. The predicted molar refractivity (Wildman–Crippen MR) is 162 cm³/mol. The number of carbonyl (C=O) groups excluding carboxylic acids is 3. The molecule has 220 valence electrons. The first-order chi connectivity index (χ1) is 18.8. The van der Waals surface area contributed by atoms with Crippen LogP contribution in [-0.4, -0.2) is 41.0 Å². The lowest BCUT2D eigenvalue weighted by molar-refractivity contribution is -0.140. The van der Waals surface area contributed by atoms with E-state index < -0.39 is 23.8 Å². The van der Waals surface area contributed by atoms with Crippen molar-refractivity contribution >= 4 is 23.6 Å². The number of aryl methyl sites for hydroxylation is 3. The fourth-order valence-electron chi connectivity index (χ4n) is 4.64. The number of amides is 3. The third kappa shape index (κ3) is 10.3. The Hall–Kier alpha value is -3.35. The Labute approximate surface area is 241 Å². The molecule has 2 atom stereocenters. The molecular weight excluding hydrogens is 502 g/mol. The summed E-state index contributed by atoms with van der Waals surface area (Å²) in [5.74, 6) is -0.614. The van der Waals surface area contributed by atoms with Crippen LogP contribution in [-0.2, 0) is 14.3 Å². The van der Waals surface area contributed by atoms with Gasteiger partial charge in [0.2, 0.25) is 5.91 Å². The first-order valence-electron chi connectivity index (χ1n) is 14.6. The van der Waals surface area contributed by atoms with Crippen LogP contribution >= 0.6 is 0 Å². The monoisotopic (exact) mass is 551 g/mol. The first-order valence-corrected chi connectivity index (χ1v) is 14.6. The van der Waals surface area contributed by atoms with Gasteiger partial charge < -0.3 is 20.3 Å². The minimum atomic E-state index is -0.881. The Morgan fingerprint density at radius 2 is 1.55 bits per heavy atom. The molecule has 0 spiro atoms. The number of carbonyl (C=O) groups is 3. The van der Waals surface area contributed by atoms with Gasteiger partial charge >= 0.3 is 6.09 Å². The molecule has 0 aliphatic rings. The zero-order valence-electron chi connectivity index (χ0n) is 25.7. The zero-order valence-corrected chi connectivity index (χ0v) is 25.7. The number of anilines is 1. The largest absolute Gasteiger partial charge is 0.444 e. The first kappa shape index (κ1) is 32.9. The molecule has 2 aromatic carbocycles. The molecule has 0 aliphatic heterocycles. The van der Waals surface area contributed by atoms with Gasteiger partial charge in [0.05, 0.1) is 0 Å². The van der Waals surface area contributed by atoms with Crippen molar-refractivity contribution < 1.29 is 19.1 Å². The molecule has 0 heterocycles. The van der Waals surface area contributed by atoms with E-state index in [2.05, 4.69) is 17.6 Å². The van der Waals surface area contributed by atoms with Gasteiger partial charge in [0.1, 0.15) is 17.7 Å². The summed E-state index contributed by atoms with van der Waals surface area (Å²) in [5, 5.41) is 5.76. The summed E-state index contributed by atoms with van der Waals surface area (Å²) in [6.45, 7) is 15.4. The normalized spacial score (nSPS) is 12.8. The van der Waals surface area contributed by atoms with Gasteiger partial charge in [-0.3, -0.25) is 9.59 Å². The van der Waals surface area contributed by atoms with Crippen LogP contribution in [0, 0.1) is 20.8 Å². The molecule has 0 fully saturated rings. The average Bonchev–Trinajstić information content (AvgIpc) is 2.86. The highest BCUT2D eigenvalue weighted by Gasteiger charge is 2.35. The van der Waals surface area contributed by atoms with Crippen LogP contribution in [0.15, 0.2) is 42.5 Å². The minimum Gasteiger partial charge on any atom is -0.444 e. The molecule has 0 saturated carbocycles. The van der Waals surface area contributed by atoms with E-state index in [-0.39, 0.29) is 11.8 Å². The molecule has 7 heteroatoms. The van der Waals surface area contributed by atoms with Gasteiger partial charge in [0.15, 0.2) is 0 Å². The highest BCUT2D eigenvalue weighted by molar-refractivity contribution is 5.99. The number of para-hydroxylation sites is 1. The number of hydrogen-bond donors (Lipinski definition) is 2. The predicted octanol–water partition coefficient (Wildman–Crippen LogP) is 7.39. The fraction of sp³-hybridized carbons (Fsp3) is 0.545. The standard InChI is InChI=1S/C33H49N3O4/c1-9-10-11-12-13-16-21-36(31(38)26(5)34-32(39)40-33(6,7)8)29(27-22-23(2)19-20-24(27)3)30(37)35-28-18-15-14-17-25(28)4/h14-15,17-20,22,26,29H,9-13,16,21H2,1-8H3,(H,34,39)(H,35,37). The molecule has 0 bridgehead atoms. The van der Waals surface area contributed by atoms with Gasteiger partial charge in [-0.2, -0.15) is 0 Å². The van der Waals surface area contributed by atoms with Crippen LogP contribution in [0.1, 0.15) is 101 Å².